The first-order valence-corrected chi connectivity index (χ1v) is 12.2. The van der Waals surface area contributed by atoms with Crippen molar-refractivity contribution in [1.82, 2.24) is 0 Å². The Morgan fingerprint density at radius 3 is 1.77 bits per heavy atom. The van der Waals surface area contributed by atoms with Crippen LogP contribution in [0.1, 0.15) is 122 Å². The van der Waals surface area contributed by atoms with Crippen molar-refractivity contribution < 1.29 is 19.8 Å². The topological polar surface area (TPSA) is 74.6 Å². The van der Waals surface area contributed by atoms with Crippen LogP contribution in [0.4, 0.5) is 0 Å². The van der Waals surface area contributed by atoms with Gasteiger partial charge in [-0.3, -0.25) is 0 Å². The van der Waals surface area contributed by atoms with Gasteiger partial charge in [-0.15, -0.1) is 0 Å². The minimum atomic E-state index is -1.14. The third-order valence-electron chi connectivity index (χ3n) is 7.40. The van der Waals surface area contributed by atoms with Crippen molar-refractivity contribution in [3.05, 3.63) is 34.4 Å². The lowest BCUT2D eigenvalue weighted by Gasteiger charge is -2.23. The second kappa shape index (κ2) is 11.5. The van der Waals surface area contributed by atoms with Crippen LogP contribution in [0.2, 0.25) is 0 Å². The van der Waals surface area contributed by atoms with Crippen LogP contribution in [-0.2, 0) is 12.8 Å². The van der Waals surface area contributed by atoms with Crippen molar-refractivity contribution in [2.75, 3.05) is 0 Å². The number of hydrogen-bond donors (Lipinski definition) is 2. The van der Waals surface area contributed by atoms with Crippen LogP contribution in [0.3, 0.4) is 0 Å². The van der Waals surface area contributed by atoms with Crippen LogP contribution in [0.15, 0.2) is 12.1 Å². The summed E-state index contributed by atoms with van der Waals surface area (Å²) in [6.07, 6.45) is 19.1. The van der Waals surface area contributed by atoms with Gasteiger partial charge in [0.05, 0.1) is 11.1 Å². The van der Waals surface area contributed by atoms with Gasteiger partial charge in [0.2, 0.25) is 0 Å². The fourth-order valence-corrected chi connectivity index (χ4v) is 5.73. The molecule has 166 valence electrons. The van der Waals surface area contributed by atoms with E-state index < -0.39 is 11.9 Å². The first-order valence-electron chi connectivity index (χ1n) is 12.2. The smallest absolute Gasteiger partial charge is 0.336 e. The van der Waals surface area contributed by atoms with Gasteiger partial charge in [0.15, 0.2) is 0 Å². The molecule has 30 heavy (non-hydrogen) atoms. The molecular weight excluding hydrogens is 376 g/mol. The fraction of sp³-hybridized carbons (Fsp3) is 0.692. The average molecular weight is 415 g/mol. The minimum Gasteiger partial charge on any atom is -0.478 e. The van der Waals surface area contributed by atoms with Crippen LogP contribution in [0.5, 0.6) is 0 Å². The number of carbonyl (C=O) groups is 2. The number of benzene rings is 1. The van der Waals surface area contributed by atoms with Gasteiger partial charge in [-0.25, -0.2) is 9.59 Å². The molecule has 2 saturated carbocycles. The SMILES string of the molecule is O=C(O)c1ccc(CCCC2CCCCC2)c(CCCC2CCCCC2)c1C(=O)O. The number of carboxylic acids is 2. The van der Waals surface area contributed by atoms with E-state index in [-0.39, 0.29) is 11.1 Å². The lowest BCUT2D eigenvalue weighted by Crippen LogP contribution is -2.15. The Labute approximate surface area is 181 Å². The second-order valence-corrected chi connectivity index (χ2v) is 9.53. The molecule has 3 rings (SSSR count). The monoisotopic (exact) mass is 414 g/mol. The molecule has 0 bridgehead atoms. The van der Waals surface area contributed by atoms with E-state index in [2.05, 4.69) is 0 Å². The van der Waals surface area contributed by atoms with Gasteiger partial charge in [-0.2, -0.15) is 0 Å². The largest absolute Gasteiger partial charge is 0.478 e. The van der Waals surface area contributed by atoms with Gasteiger partial charge in [0.25, 0.3) is 0 Å². The number of aromatic carboxylic acids is 2. The van der Waals surface area contributed by atoms with Crippen molar-refractivity contribution in [3.63, 3.8) is 0 Å². The molecule has 2 aliphatic carbocycles. The summed E-state index contributed by atoms with van der Waals surface area (Å²) in [7, 11) is 0. The highest BCUT2D eigenvalue weighted by atomic mass is 16.4. The van der Waals surface area contributed by atoms with Crippen molar-refractivity contribution in [2.24, 2.45) is 11.8 Å². The van der Waals surface area contributed by atoms with Crippen molar-refractivity contribution >= 4 is 11.9 Å². The van der Waals surface area contributed by atoms with E-state index in [1.807, 2.05) is 6.07 Å². The third kappa shape index (κ3) is 6.33. The zero-order valence-corrected chi connectivity index (χ0v) is 18.3. The normalized spacial score (nSPS) is 18.4. The number of aryl methyl sites for hydroxylation is 1. The summed E-state index contributed by atoms with van der Waals surface area (Å²) in [6.45, 7) is 0. The summed E-state index contributed by atoms with van der Waals surface area (Å²) < 4.78 is 0. The summed E-state index contributed by atoms with van der Waals surface area (Å²) in [5, 5.41) is 19.4. The maximum absolute atomic E-state index is 12.0. The van der Waals surface area contributed by atoms with Crippen molar-refractivity contribution in [1.29, 1.82) is 0 Å². The summed E-state index contributed by atoms with van der Waals surface area (Å²) >= 11 is 0. The van der Waals surface area contributed by atoms with Crippen molar-refractivity contribution in [2.45, 2.75) is 103 Å². The van der Waals surface area contributed by atoms with E-state index in [0.717, 1.165) is 48.6 Å². The predicted octanol–water partition coefficient (Wildman–Crippen LogP) is 6.89. The molecule has 0 heterocycles. The molecule has 0 amide bonds. The quantitative estimate of drug-likeness (QED) is 0.437. The zero-order chi connectivity index (χ0) is 21.3. The third-order valence-corrected chi connectivity index (χ3v) is 7.40. The van der Waals surface area contributed by atoms with E-state index in [1.165, 1.54) is 76.7 Å². The van der Waals surface area contributed by atoms with E-state index in [9.17, 15) is 19.8 Å². The highest BCUT2D eigenvalue weighted by Gasteiger charge is 2.23. The van der Waals surface area contributed by atoms with E-state index in [4.69, 9.17) is 0 Å². The Bertz CT molecular complexity index is 712. The Morgan fingerprint density at radius 1 is 0.733 bits per heavy atom. The Morgan fingerprint density at radius 2 is 1.27 bits per heavy atom. The molecule has 2 aliphatic rings. The molecule has 0 radical (unpaired) electrons. The standard InChI is InChI=1S/C26H38O4/c27-25(28)23-18-17-21(15-7-13-19-9-3-1-4-10-19)22(24(23)26(29)30)16-8-14-20-11-5-2-6-12-20/h17-20H,1-16H2,(H,27,28)(H,29,30). The molecule has 1 aromatic carbocycles. The number of rotatable bonds is 10. The lowest BCUT2D eigenvalue weighted by molar-refractivity contribution is 0.0650. The van der Waals surface area contributed by atoms with Crippen LogP contribution < -0.4 is 0 Å². The maximum Gasteiger partial charge on any atom is 0.336 e. The maximum atomic E-state index is 12.0. The minimum absolute atomic E-state index is 0.0290. The number of carboxylic acid groups (broad SMARTS) is 2. The fourth-order valence-electron chi connectivity index (χ4n) is 5.73. The van der Waals surface area contributed by atoms with Gasteiger partial charge < -0.3 is 10.2 Å². The first-order chi connectivity index (χ1) is 14.6. The molecule has 0 saturated heterocycles. The Balaban J connectivity index is 1.71. The number of hydrogen-bond acceptors (Lipinski definition) is 2. The van der Waals surface area contributed by atoms with Gasteiger partial charge in [0, 0.05) is 0 Å². The molecule has 2 fully saturated rings. The Hall–Kier alpha value is -1.84. The predicted molar refractivity (Wildman–Crippen MR) is 119 cm³/mol. The Kier molecular flexibility index (Phi) is 8.77. The van der Waals surface area contributed by atoms with Gasteiger partial charge in [-0.05, 0) is 54.7 Å². The summed E-state index contributed by atoms with van der Waals surface area (Å²) in [5.41, 5.74) is 1.80. The van der Waals surface area contributed by atoms with E-state index in [0.29, 0.717) is 6.42 Å². The second-order valence-electron chi connectivity index (χ2n) is 9.53. The van der Waals surface area contributed by atoms with Crippen LogP contribution in [-0.4, -0.2) is 22.2 Å². The van der Waals surface area contributed by atoms with Crippen LogP contribution >= 0.6 is 0 Å². The molecule has 0 aromatic heterocycles. The highest BCUT2D eigenvalue weighted by Crippen LogP contribution is 2.31. The summed E-state index contributed by atoms with van der Waals surface area (Å²) in [6, 6.07) is 3.39. The molecule has 0 aliphatic heterocycles. The molecule has 4 heteroatoms. The summed E-state index contributed by atoms with van der Waals surface area (Å²) in [5.74, 6) is -0.681. The van der Waals surface area contributed by atoms with Crippen LogP contribution in [0.25, 0.3) is 0 Å². The highest BCUT2D eigenvalue weighted by molar-refractivity contribution is 6.03. The first kappa shape index (κ1) is 22.8. The zero-order valence-electron chi connectivity index (χ0n) is 18.3. The molecule has 0 spiro atoms. The molecular formula is C26H38O4. The van der Waals surface area contributed by atoms with E-state index in [1.54, 1.807) is 0 Å². The summed E-state index contributed by atoms with van der Waals surface area (Å²) in [4.78, 5) is 23.7. The molecule has 0 atom stereocenters. The van der Waals surface area contributed by atoms with Crippen molar-refractivity contribution in [3.8, 4) is 0 Å². The lowest BCUT2D eigenvalue weighted by atomic mass is 9.83. The molecule has 4 nitrogen and oxygen atoms in total. The molecule has 1 aromatic rings. The van der Waals surface area contributed by atoms with Gasteiger partial charge in [-0.1, -0.05) is 83.1 Å². The van der Waals surface area contributed by atoms with E-state index >= 15 is 0 Å². The van der Waals surface area contributed by atoms with Gasteiger partial charge in [0.1, 0.15) is 0 Å². The van der Waals surface area contributed by atoms with Gasteiger partial charge >= 0.3 is 11.9 Å². The van der Waals surface area contributed by atoms with Crippen LogP contribution in [0, 0.1) is 11.8 Å². The average Bonchev–Trinajstić information content (AvgIpc) is 2.75. The molecule has 2 N–H and O–H groups in total. The molecule has 0 unspecified atom stereocenters.